The van der Waals surface area contributed by atoms with E-state index in [0.717, 1.165) is 36.4 Å². The van der Waals surface area contributed by atoms with Crippen molar-refractivity contribution in [1.29, 1.82) is 0 Å². The van der Waals surface area contributed by atoms with Gasteiger partial charge >= 0.3 is 0 Å². The lowest BCUT2D eigenvalue weighted by atomic mass is 10.1. The molecule has 3 rings (SSSR count). The summed E-state index contributed by atoms with van der Waals surface area (Å²) in [5.74, 6) is 0.724. The SMILES string of the molecule is CCCNC(CC)c1nc2ccccc2c(=O)n1-c1cccc(Cl)c1. The van der Waals surface area contributed by atoms with E-state index in [1.165, 1.54) is 0 Å². The molecule has 2 aromatic carbocycles. The molecule has 0 fully saturated rings. The first-order chi connectivity index (χ1) is 12.2. The Balaban J connectivity index is 2.29. The van der Waals surface area contributed by atoms with E-state index in [1.807, 2.05) is 36.4 Å². The maximum atomic E-state index is 13.2. The number of halogens is 1. The average Bonchev–Trinajstić information content (AvgIpc) is 2.62. The fourth-order valence-electron chi connectivity index (χ4n) is 2.99. The highest BCUT2D eigenvalue weighted by atomic mass is 35.5. The summed E-state index contributed by atoms with van der Waals surface area (Å²) >= 11 is 6.16. The quantitative estimate of drug-likeness (QED) is 0.708. The van der Waals surface area contributed by atoms with Gasteiger partial charge in [-0.05, 0) is 49.7 Å². The molecular formula is C20H22ClN3O. The number of para-hydroxylation sites is 1. The lowest BCUT2D eigenvalue weighted by molar-refractivity contribution is 0.484. The molecule has 1 aromatic heterocycles. The maximum Gasteiger partial charge on any atom is 0.266 e. The van der Waals surface area contributed by atoms with Crippen molar-refractivity contribution in [2.75, 3.05) is 6.54 Å². The van der Waals surface area contributed by atoms with Crippen LogP contribution in [0.4, 0.5) is 0 Å². The fourth-order valence-corrected chi connectivity index (χ4v) is 3.17. The first-order valence-electron chi connectivity index (χ1n) is 8.66. The van der Waals surface area contributed by atoms with Gasteiger partial charge < -0.3 is 5.32 Å². The molecule has 3 aromatic rings. The lowest BCUT2D eigenvalue weighted by Gasteiger charge is -2.21. The van der Waals surface area contributed by atoms with E-state index in [2.05, 4.69) is 19.2 Å². The summed E-state index contributed by atoms with van der Waals surface area (Å²) in [5.41, 5.74) is 1.39. The van der Waals surface area contributed by atoms with Gasteiger partial charge in [0, 0.05) is 5.02 Å². The van der Waals surface area contributed by atoms with Gasteiger partial charge in [-0.2, -0.15) is 0 Å². The zero-order chi connectivity index (χ0) is 17.8. The van der Waals surface area contributed by atoms with E-state index in [9.17, 15) is 4.79 Å². The number of hydrogen-bond acceptors (Lipinski definition) is 3. The van der Waals surface area contributed by atoms with Gasteiger partial charge in [0.15, 0.2) is 0 Å². The zero-order valence-electron chi connectivity index (χ0n) is 14.5. The Hall–Kier alpha value is -2.17. The van der Waals surface area contributed by atoms with Crippen LogP contribution in [-0.2, 0) is 0 Å². The van der Waals surface area contributed by atoms with Gasteiger partial charge in [0.2, 0.25) is 0 Å². The van der Waals surface area contributed by atoms with Crippen LogP contribution < -0.4 is 10.9 Å². The normalized spacial score (nSPS) is 12.4. The van der Waals surface area contributed by atoms with Crippen molar-refractivity contribution in [3.63, 3.8) is 0 Å². The third-order valence-corrected chi connectivity index (χ3v) is 4.46. The van der Waals surface area contributed by atoms with E-state index >= 15 is 0 Å². The van der Waals surface area contributed by atoms with Crippen LogP contribution in [0.2, 0.25) is 5.02 Å². The zero-order valence-corrected chi connectivity index (χ0v) is 15.3. The van der Waals surface area contributed by atoms with Gasteiger partial charge in [0.25, 0.3) is 5.56 Å². The lowest BCUT2D eigenvalue weighted by Crippen LogP contribution is -2.31. The molecular weight excluding hydrogens is 334 g/mol. The number of rotatable bonds is 6. The molecule has 1 atom stereocenters. The molecule has 0 spiro atoms. The fraction of sp³-hybridized carbons (Fsp3) is 0.300. The van der Waals surface area contributed by atoms with Gasteiger partial charge in [0.05, 0.1) is 22.6 Å². The Morgan fingerprint density at radius 2 is 1.96 bits per heavy atom. The van der Waals surface area contributed by atoms with Crippen molar-refractivity contribution in [2.45, 2.75) is 32.7 Å². The number of benzene rings is 2. The molecule has 1 heterocycles. The van der Waals surface area contributed by atoms with Gasteiger partial charge in [-0.15, -0.1) is 0 Å². The van der Waals surface area contributed by atoms with Gasteiger partial charge in [-0.1, -0.05) is 43.6 Å². The highest BCUT2D eigenvalue weighted by Crippen LogP contribution is 2.22. The van der Waals surface area contributed by atoms with Crippen LogP contribution in [0.1, 0.15) is 38.6 Å². The molecule has 0 radical (unpaired) electrons. The predicted molar refractivity (Wildman–Crippen MR) is 104 cm³/mol. The summed E-state index contributed by atoms with van der Waals surface area (Å²) in [5, 5.41) is 4.70. The Morgan fingerprint density at radius 1 is 1.16 bits per heavy atom. The van der Waals surface area contributed by atoms with E-state index in [4.69, 9.17) is 16.6 Å². The molecule has 130 valence electrons. The van der Waals surface area contributed by atoms with E-state index in [0.29, 0.717) is 10.4 Å². The third kappa shape index (κ3) is 3.60. The Kier molecular flexibility index (Phi) is 5.51. The Bertz CT molecular complexity index is 936. The largest absolute Gasteiger partial charge is 0.307 e. The minimum Gasteiger partial charge on any atom is -0.307 e. The highest BCUT2D eigenvalue weighted by Gasteiger charge is 2.19. The molecule has 0 saturated heterocycles. The van der Waals surface area contributed by atoms with Crippen LogP contribution in [0.5, 0.6) is 0 Å². The second kappa shape index (κ2) is 7.81. The highest BCUT2D eigenvalue weighted by molar-refractivity contribution is 6.30. The molecule has 0 aliphatic rings. The summed E-state index contributed by atoms with van der Waals surface area (Å²) in [6, 6.07) is 14.8. The van der Waals surface area contributed by atoms with Crippen molar-refractivity contribution in [3.8, 4) is 5.69 Å². The van der Waals surface area contributed by atoms with Crippen LogP contribution in [0.25, 0.3) is 16.6 Å². The number of nitrogens with one attached hydrogen (secondary N) is 1. The summed E-state index contributed by atoms with van der Waals surface area (Å²) in [6.07, 6.45) is 1.86. The molecule has 25 heavy (non-hydrogen) atoms. The topological polar surface area (TPSA) is 46.9 Å². The molecule has 1 unspecified atom stereocenters. The smallest absolute Gasteiger partial charge is 0.266 e. The van der Waals surface area contributed by atoms with Crippen LogP contribution in [0.3, 0.4) is 0 Å². The minimum absolute atomic E-state index is 0.00348. The Labute approximate surface area is 152 Å². The minimum atomic E-state index is -0.0698. The second-order valence-corrected chi connectivity index (χ2v) is 6.46. The third-order valence-electron chi connectivity index (χ3n) is 4.23. The number of hydrogen-bond donors (Lipinski definition) is 1. The van der Waals surface area contributed by atoms with E-state index in [-0.39, 0.29) is 11.6 Å². The molecule has 0 saturated carbocycles. The standard InChI is InChI=1S/C20H22ClN3O/c1-3-12-22-17(4-2)19-23-18-11-6-5-10-16(18)20(25)24(19)15-9-7-8-14(21)13-15/h5-11,13,17,22H,3-4,12H2,1-2H3. The summed E-state index contributed by atoms with van der Waals surface area (Å²) in [4.78, 5) is 18.0. The Morgan fingerprint density at radius 3 is 2.68 bits per heavy atom. The average molecular weight is 356 g/mol. The first-order valence-corrected chi connectivity index (χ1v) is 9.04. The number of aromatic nitrogens is 2. The van der Waals surface area contributed by atoms with Gasteiger partial charge in [-0.25, -0.2) is 4.98 Å². The summed E-state index contributed by atoms with van der Waals surface area (Å²) in [7, 11) is 0. The number of fused-ring (bicyclic) bond motifs is 1. The number of nitrogens with zero attached hydrogens (tertiary/aromatic N) is 2. The predicted octanol–water partition coefficient (Wildman–Crippen LogP) is 4.49. The molecule has 0 amide bonds. The molecule has 0 aliphatic heterocycles. The molecule has 5 heteroatoms. The van der Waals surface area contributed by atoms with E-state index in [1.54, 1.807) is 16.7 Å². The van der Waals surface area contributed by atoms with Crippen LogP contribution in [0.15, 0.2) is 53.3 Å². The maximum absolute atomic E-state index is 13.2. The first kappa shape index (κ1) is 17.6. The van der Waals surface area contributed by atoms with Crippen molar-refractivity contribution in [3.05, 3.63) is 69.7 Å². The van der Waals surface area contributed by atoms with Crippen LogP contribution in [-0.4, -0.2) is 16.1 Å². The van der Waals surface area contributed by atoms with E-state index < -0.39 is 0 Å². The summed E-state index contributed by atoms with van der Waals surface area (Å²) in [6.45, 7) is 5.09. The molecule has 0 aliphatic carbocycles. The monoisotopic (exact) mass is 355 g/mol. The van der Waals surface area contributed by atoms with Gasteiger partial charge in [0.1, 0.15) is 5.82 Å². The molecule has 1 N–H and O–H groups in total. The van der Waals surface area contributed by atoms with Crippen LogP contribution in [0, 0.1) is 0 Å². The van der Waals surface area contributed by atoms with Crippen molar-refractivity contribution in [1.82, 2.24) is 14.9 Å². The molecule has 0 bridgehead atoms. The molecule has 4 nitrogen and oxygen atoms in total. The van der Waals surface area contributed by atoms with Crippen molar-refractivity contribution in [2.24, 2.45) is 0 Å². The van der Waals surface area contributed by atoms with Crippen LogP contribution >= 0.6 is 11.6 Å². The van der Waals surface area contributed by atoms with Crippen molar-refractivity contribution < 1.29 is 0 Å². The van der Waals surface area contributed by atoms with Crippen molar-refractivity contribution >= 4 is 22.5 Å². The second-order valence-electron chi connectivity index (χ2n) is 6.02. The van der Waals surface area contributed by atoms with Gasteiger partial charge in [-0.3, -0.25) is 9.36 Å². The summed E-state index contributed by atoms with van der Waals surface area (Å²) < 4.78 is 1.69.